The van der Waals surface area contributed by atoms with Crippen LogP contribution in [0.25, 0.3) is 0 Å². The minimum atomic E-state index is -0.607. The molecule has 0 aromatic heterocycles. The van der Waals surface area contributed by atoms with Crippen molar-refractivity contribution in [2.75, 3.05) is 13.7 Å². The van der Waals surface area contributed by atoms with E-state index in [9.17, 15) is 5.11 Å². The molecular formula is C12H15ClO3. The molecule has 0 spiro atoms. The van der Waals surface area contributed by atoms with Gasteiger partial charge in [-0.3, -0.25) is 0 Å². The predicted molar refractivity (Wildman–Crippen MR) is 64.1 cm³/mol. The van der Waals surface area contributed by atoms with Gasteiger partial charge in [-0.2, -0.15) is 0 Å². The summed E-state index contributed by atoms with van der Waals surface area (Å²) in [7, 11) is 1.57. The van der Waals surface area contributed by atoms with Crippen molar-refractivity contribution in [3.63, 3.8) is 0 Å². The third-order valence-corrected chi connectivity index (χ3v) is 2.16. The number of benzene rings is 1. The fraction of sp³-hybridized carbons (Fsp3) is 0.333. The van der Waals surface area contributed by atoms with E-state index in [0.717, 1.165) is 0 Å². The maximum absolute atomic E-state index is 9.56. The SMILES string of the molecule is C=C(Cl)COc1cc(OC)ccc1[C@H](C)O. The van der Waals surface area contributed by atoms with Gasteiger partial charge in [0.25, 0.3) is 0 Å². The number of methoxy groups -OCH3 is 1. The zero-order valence-corrected chi connectivity index (χ0v) is 10.1. The van der Waals surface area contributed by atoms with Crippen molar-refractivity contribution in [3.8, 4) is 11.5 Å². The summed E-state index contributed by atoms with van der Waals surface area (Å²) in [5, 5.41) is 9.96. The second-order valence-electron chi connectivity index (χ2n) is 3.39. The Morgan fingerprint density at radius 3 is 2.75 bits per heavy atom. The van der Waals surface area contributed by atoms with Gasteiger partial charge in [0, 0.05) is 16.7 Å². The normalized spacial score (nSPS) is 12.0. The number of halogens is 1. The monoisotopic (exact) mass is 242 g/mol. The molecule has 1 rings (SSSR count). The molecule has 0 bridgehead atoms. The lowest BCUT2D eigenvalue weighted by molar-refractivity contribution is 0.192. The van der Waals surface area contributed by atoms with Crippen LogP contribution in [0.15, 0.2) is 29.8 Å². The van der Waals surface area contributed by atoms with Gasteiger partial charge < -0.3 is 14.6 Å². The lowest BCUT2D eigenvalue weighted by atomic mass is 10.1. The van der Waals surface area contributed by atoms with Crippen LogP contribution in [0.2, 0.25) is 0 Å². The molecule has 1 N–H and O–H groups in total. The maximum atomic E-state index is 9.56. The van der Waals surface area contributed by atoms with E-state index in [0.29, 0.717) is 22.1 Å². The van der Waals surface area contributed by atoms with Crippen LogP contribution in [-0.4, -0.2) is 18.8 Å². The van der Waals surface area contributed by atoms with E-state index < -0.39 is 6.10 Å². The van der Waals surface area contributed by atoms with E-state index in [2.05, 4.69) is 6.58 Å². The van der Waals surface area contributed by atoms with Gasteiger partial charge in [0.1, 0.15) is 18.1 Å². The van der Waals surface area contributed by atoms with Crippen LogP contribution in [0.4, 0.5) is 0 Å². The molecule has 0 saturated carbocycles. The van der Waals surface area contributed by atoms with Crippen molar-refractivity contribution >= 4 is 11.6 Å². The number of aliphatic hydroxyl groups is 1. The smallest absolute Gasteiger partial charge is 0.129 e. The van der Waals surface area contributed by atoms with Crippen LogP contribution < -0.4 is 9.47 Å². The first-order chi connectivity index (χ1) is 7.54. The Bertz CT molecular complexity index is 375. The highest BCUT2D eigenvalue weighted by Crippen LogP contribution is 2.29. The van der Waals surface area contributed by atoms with Gasteiger partial charge >= 0.3 is 0 Å². The molecule has 0 saturated heterocycles. The second-order valence-corrected chi connectivity index (χ2v) is 3.92. The molecule has 0 unspecified atom stereocenters. The molecule has 4 heteroatoms. The van der Waals surface area contributed by atoms with Gasteiger partial charge in [-0.05, 0) is 19.1 Å². The van der Waals surface area contributed by atoms with Crippen LogP contribution in [0, 0.1) is 0 Å². The predicted octanol–water partition coefficient (Wildman–Crippen LogP) is 2.88. The summed E-state index contributed by atoms with van der Waals surface area (Å²) in [6.07, 6.45) is -0.607. The number of hydrogen-bond donors (Lipinski definition) is 1. The lowest BCUT2D eigenvalue weighted by Gasteiger charge is -2.14. The van der Waals surface area contributed by atoms with E-state index in [4.69, 9.17) is 21.1 Å². The van der Waals surface area contributed by atoms with Crippen molar-refractivity contribution in [2.45, 2.75) is 13.0 Å². The molecule has 0 aliphatic carbocycles. The summed E-state index contributed by atoms with van der Waals surface area (Å²) < 4.78 is 10.5. The van der Waals surface area contributed by atoms with Gasteiger partial charge in [0.15, 0.2) is 0 Å². The van der Waals surface area contributed by atoms with Crippen LogP contribution in [0.1, 0.15) is 18.6 Å². The van der Waals surface area contributed by atoms with Gasteiger partial charge in [0.05, 0.1) is 13.2 Å². The van der Waals surface area contributed by atoms with Crippen molar-refractivity contribution < 1.29 is 14.6 Å². The Labute approximate surface area is 100 Å². The zero-order valence-electron chi connectivity index (χ0n) is 9.37. The molecular weight excluding hydrogens is 228 g/mol. The van der Waals surface area contributed by atoms with Crippen LogP contribution in [0.5, 0.6) is 11.5 Å². The Balaban J connectivity index is 2.95. The Kier molecular flexibility index (Phi) is 4.65. The number of aliphatic hydroxyl groups excluding tert-OH is 1. The van der Waals surface area contributed by atoms with Gasteiger partial charge in [-0.1, -0.05) is 18.2 Å². The van der Waals surface area contributed by atoms with E-state index in [-0.39, 0.29) is 6.61 Å². The Hall–Kier alpha value is -1.19. The highest BCUT2D eigenvalue weighted by atomic mass is 35.5. The van der Waals surface area contributed by atoms with Gasteiger partial charge in [-0.15, -0.1) is 0 Å². The fourth-order valence-corrected chi connectivity index (χ4v) is 1.32. The lowest BCUT2D eigenvalue weighted by Crippen LogP contribution is -2.02. The molecule has 0 aliphatic rings. The van der Waals surface area contributed by atoms with Crippen molar-refractivity contribution in [3.05, 3.63) is 35.4 Å². The summed E-state index contributed by atoms with van der Waals surface area (Å²) in [6.45, 7) is 5.41. The molecule has 1 aromatic rings. The molecule has 88 valence electrons. The highest BCUT2D eigenvalue weighted by molar-refractivity contribution is 6.29. The van der Waals surface area contributed by atoms with Crippen molar-refractivity contribution in [1.29, 1.82) is 0 Å². The maximum Gasteiger partial charge on any atom is 0.129 e. The fourth-order valence-electron chi connectivity index (χ4n) is 1.27. The van der Waals surface area contributed by atoms with E-state index in [1.54, 1.807) is 32.2 Å². The first-order valence-corrected chi connectivity index (χ1v) is 5.24. The molecule has 0 aliphatic heterocycles. The summed E-state index contributed by atoms with van der Waals surface area (Å²) in [4.78, 5) is 0. The second kappa shape index (κ2) is 5.77. The largest absolute Gasteiger partial charge is 0.497 e. The third-order valence-electron chi connectivity index (χ3n) is 2.06. The Morgan fingerprint density at radius 2 is 2.25 bits per heavy atom. The van der Waals surface area contributed by atoms with Crippen LogP contribution in [0.3, 0.4) is 0 Å². The summed E-state index contributed by atoms with van der Waals surface area (Å²) >= 11 is 5.62. The van der Waals surface area contributed by atoms with Crippen LogP contribution >= 0.6 is 11.6 Å². The topological polar surface area (TPSA) is 38.7 Å². The quantitative estimate of drug-likeness (QED) is 0.863. The van der Waals surface area contributed by atoms with E-state index in [1.165, 1.54) is 0 Å². The molecule has 3 nitrogen and oxygen atoms in total. The van der Waals surface area contributed by atoms with E-state index >= 15 is 0 Å². The molecule has 1 aromatic carbocycles. The molecule has 0 radical (unpaired) electrons. The summed E-state index contributed by atoms with van der Waals surface area (Å²) in [5.41, 5.74) is 0.693. The first-order valence-electron chi connectivity index (χ1n) is 4.86. The minimum Gasteiger partial charge on any atom is -0.497 e. The highest BCUT2D eigenvalue weighted by Gasteiger charge is 2.10. The zero-order chi connectivity index (χ0) is 12.1. The molecule has 0 heterocycles. The van der Waals surface area contributed by atoms with Crippen molar-refractivity contribution in [1.82, 2.24) is 0 Å². The molecule has 0 amide bonds. The number of ether oxygens (including phenoxy) is 2. The molecule has 16 heavy (non-hydrogen) atoms. The van der Waals surface area contributed by atoms with Gasteiger partial charge in [0.2, 0.25) is 0 Å². The number of rotatable bonds is 5. The Morgan fingerprint density at radius 1 is 1.56 bits per heavy atom. The summed E-state index contributed by atoms with van der Waals surface area (Å²) in [6, 6.07) is 5.24. The summed E-state index contributed by atoms with van der Waals surface area (Å²) in [5.74, 6) is 1.22. The minimum absolute atomic E-state index is 0.203. The van der Waals surface area contributed by atoms with Crippen molar-refractivity contribution in [2.24, 2.45) is 0 Å². The van der Waals surface area contributed by atoms with E-state index in [1.807, 2.05) is 0 Å². The standard InChI is InChI=1S/C12H15ClO3/c1-8(13)7-16-12-6-10(15-3)4-5-11(12)9(2)14/h4-6,9,14H,1,7H2,2-3H3/t9-/m0/s1. The molecule has 1 atom stereocenters. The van der Waals surface area contributed by atoms with Crippen LogP contribution in [-0.2, 0) is 0 Å². The molecule has 0 fully saturated rings. The average molecular weight is 243 g/mol. The third kappa shape index (κ3) is 3.43. The first kappa shape index (κ1) is 12.9. The van der Waals surface area contributed by atoms with Gasteiger partial charge in [-0.25, -0.2) is 0 Å². The average Bonchev–Trinajstić information content (AvgIpc) is 2.25. The number of hydrogen-bond acceptors (Lipinski definition) is 3.